The summed E-state index contributed by atoms with van der Waals surface area (Å²) in [5.74, 6) is 1.25. The molecule has 2 atom stereocenters. The first-order valence-electron chi connectivity index (χ1n) is 12.0. The number of rotatable bonds is 4. The molecule has 1 fully saturated rings. The number of aromatic nitrogens is 2. The van der Waals surface area contributed by atoms with Gasteiger partial charge in [-0.3, -0.25) is 4.98 Å². The molecule has 0 amide bonds. The Kier molecular flexibility index (Phi) is 5.79. The first-order valence-corrected chi connectivity index (χ1v) is 12.4. The maximum Gasteiger partial charge on any atom is 0.418 e. The highest BCUT2D eigenvalue weighted by atomic mass is 32.1. The summed E-state index contributed by atoms with van der Waals surface area (Å²) in [4.78, 5) is 6.54. The normalized spacial score (nSPS) is 18.7. The molecule has 1 N–H and O–H groups in total. The van der Waals surface area contributed by atoms with Gasteiger partial charge in [0.15, 0.2) is 16.6 Å². The van der Waals surface area contributed by atoms with E-state index in [1.165, 1.54) is 12.1 Å². The third kappa shape index (κ3) is 3.96. The number of hydrogen-bond donors (Lipinski definition) is 1. The molecular weight excluding hydrogens is 513 g/mol. The van der Waals surface area contributed by atoms with E-state index in [0.717, 1.165) is 23.0 Å². The molecule has 4 heterocycles. The van der Waals surface area contributed by atoms with Gasteiger partial charge >= 0.3 is 6.18 Å². The highest BCUT2D eigenvalue weighted by Crippen LogP contribution is 2.46. The van der Waals surface area contributed by atoms with Gasteiger partial charge in [0.2, 0.25) is 6.79 Å². The number of pyridine rings is 1. The molecule has 2 aromatic heterocycles. The number of alkyl halides is 3. The number of nitrogens with one attached hydrogen (secondary N) is 1. The van der Waals surface area contributed by atoms with Crippen molar-refractivity contribution in [1.29, 1.82) is 0 Å². The van der Waals surface area contributed by atoms with Crippen molar-refractivity contribution >= 4 is 23.0 Å². The van der Waals surface area contributed by atoms with Crippen molar-refractivity contribution < 1.29 is 22.6 Å². The van der Waals surface area contributed by atoms with E-state index in [1.807, 2.05) is 61.2 Å². The molecule has 0 saturated carbocycles. The van der Waals surface area contributed by atoms with Crippen LogP contribution < -0.4 is 19.7 Å². The maximum atomic E-state index is 14.0. The standard InChI is InChI=1S/C28H23F3N4O2S/c1-16-13-19(17(2)34(16)22-9-4-3-7-20(22)28(29,30)31)26-25(21-8-5-6-12-32-21)33-27(38)35(26)18-10-11-23-24(14-18)37-15-36-23/h3-14,25-26H,15H2,1-2H3,(H,33,38)/t25-,26+/m1/s1. The van der Waals surface area contributed by atoms with Gasteiger partial charge in [0.05, 0.1) is 29.0 Å². The zero-order chi connectivity index (χ0) is 26.6. The lowest BCUT2D eigenvalue weighted by atomic mass is 9.96. The molecule has 0 radical (unpaired) electrons. The van der Waals surface area contributed by atoms with Gasteiger partial charge in [0.25, 0.3) is 0 Å². The Balaban J connectivity index is 1.53. The number of thiocarbonyl (C=S) groups is 1. The molecule has 0 spiro atoms. The van der Waals surface area contributed by atoms with Gasteiger partial charge in [0, 0.05) is 29.3 Å². The molecule has 38 heavy (non-hydrogen) atoms. The predicted molar refractivity (Wildman–Crippen MR) is 141 cm³/mol. The van der Waals surface area contributed by atoms with Crippen molar-refractivity contribution in [3.05, 3.63) is 101 Å². The van der Waals surface area contributed by atoms with E-state index in [0.29, 0.717) is 28.0 Å². The fourth-order valence-electron chi connectivity index (χ4n) is 5.35. The first-order chi connectivity index (χ1) is 18.2. The minimum Gasteiger partial charge on any atom is -0.454 e. The van der Waals surface area contributed by atoms with E-state index in [1.54, 1.807) is 16.8 Å². The predicted octanol–water partition coefficient (Wildman–Crippen LogP) is 6.41. The number of para-hydroxylation sites is 1. The van der Waals surface area contributed by atoms with Crippen LogP contribution in [0.1, 0.15) is 40.3 Å². The lowest BCUT2D eigenvalue weighted by Gasteiger charge is -2.28. The van der Waals surface area contributed by atoms with E-state index >= 15 is 0 Å². The van der Waals surface area contributed by atoms with Crippen LogP contribution in [0, 0.1) is 13.8 Å². The Morgan fingerprint density at radius 3 is 2.50 bits per heavy atom. The molecule has 4 aromatic rings. The number of hydrogen-bond acceptors (Lipinski definition) is 4. The molecule has 194 valence electrons. The number of halogens is 3. The lowest BCUT2D eigenvalue weighted by molar-refractivity contribution is -0.137. The summed E-state index contributed by atoms with van der Waals surface area (Å²) < 4.78 is 54.6. The second kappa shape index (κ2) is 9.05. The summed E-state index contributed by atoms with van der Waals surface area (Å²) in [6, 6.07) is 18.0. The van der Waals surface area contributed by atoms with E-state index in [4.69, 9.17) is 21.7 Å². The van der Waals surface area contributed by atoms with Gasteiger partial charge < -0.3 is 24.3 Å². The number of nitrogens with zero attached hydrogens (tertiary/aromatic N) is 3. The Morgan fingerprint density at radius 1 is 0.974 bits per heavy atom. The summed E-state index contributed by atoms with van der Waals surface area (Å²) in [5, 5.41) is 3.88. The Bertz CT molecular complexity index is 1540. The number of anilines is 1. The number of ether oxygens (including phenoxy) is 2. The summed E-state index contributed by atoms with van der Waals surface area (Å²) in [5.41, 5.74) is 3.13. The van der Waals surface area contributed by atoms with Gasteiger partial charge in [-0.05, 0) is 74.1 Å². The van der Waals surface area contributed by atoms with Crippen LogP contribution in [-0.2, 0) is 6.18 Å². The monoisotopic (exact) mass is 536 g/mol. The lowest BCUT2D eigenvalue weighted by Crippen LogP contribution is -2.29. The Hall–Kier alpha value is -4.05. The van der Waals surface area contributed by atoms with Crippen LogP contribution in [0.15, 0.2) is 72.9 Å². The molecule has 6 nitrogen and oxygen atoms in total. The first kappa shape index (κ1) is 24.3. The fourth-order valence-corrected chi connectivity index (χ4v) is 5.70. The molecule has 0 unspecified atom stereocenters. The molecule has 6 rings (SSSR count). The minimum atomic E-state index is -4.49. The highest BCUT2D eigenvalue weighted by Gasteiger charge is 2.43. The maximum absolute atomic E-state index is 14.0. The number of fused-ring (bicyclic) bond motifs is 1. The minimum absolute atomic E-state index is 0.0822. The summed E-state index contributed by atoms with van der Waals surface area (Å²) in [7, 11) is 0. The second-order valence-electron chi connectivity index (χ2n) is 9.21. The molecule has 0 bridgehead atoms. The summed E-state index contributed by atoms with van der Waals surface area (Å²) in [6.45, 7) is 3.79. The van der Waals surface area contributed by atoms with E-state index in [2.05, 4.69) is 10.3 Å². The van der Waals surface area contributed by atoms with Crippen molar-refractivity contribution in [3.63, 3.8) is 0 Å². The van der Waals surface area contributed by atoms with Gasteiger partial charge in [-0.1, -0.05) is 18.2 Å². The molecule has 2 aromatic carbocycles. The third-order valence-electron chi connectivity index (χ3n) is 6.97. The Labute approximate surface area is 222 Å². The van der Waals surface area contributed by atoms with Crippen molar-refractivity contribution in [1.82, 2.24) is 14.9 Å². The summed E-state index contributed by atoms with van der Waals surface area (Å²) in [6.07, 6.45) is -2.78. The summed E-state index contributed by atoms with van der Waals surface area (Å²) >= 11 is 5.81. The highest BCUT2D eigenvalue weighted by molar-refractivity contribution is 7.80. The molecular formula is C28H23F3N4O2S. The van der Waals surface area contributed by atoms with Crippen molar-refractivity contribution in [3.8, 4) is 17.2 Å². The molecule has 2 aliphatic rings. The van der Waals surface area contributed by atoms with Crippen LogP contribution in [0.5, 0.6) is 11.5 Å². The van der Waals surface area contributed by atoms with Crippen LogP contribution in [-0.4, -0.2) is 21.5 Å². The Morgan fingerprint density at radius 2 is 1.74 bits per heavy atom. The zero-order valence-electron chi connectivity index (χ0n) is 20.5. The topological polar surface area (TPSA) is 51.6 Å². The van der Waals surface area contributed by atoms with E-state index in [-0.39, 0.29) is 18.5 Å². The molecule has 10 heteroatoms. The smallest absolute Gasteiger partial charge is 0.418 e. The van der Waals surface area contributed by atoms with E-state index < -0.39 is 17.8 Å². The molecule has 1 saturated heterocycles. The van der Waals surface area contributed by atoms with Crippen LogP contribution >= 0.6 is 12.2 Å². The third-order valence-corrected chi connectivity index (χ3v) is 7.29. The van der Waals surface area contributed by atoms with Crippen LogP contribution in [0.3, 0.4) is 0 Å². The van der Waals surface area contributed by atoms with Crippen molar-refractivity contribution in [2.75, 3.05) is 11.7 Å². The van der Waals surface area contributed by atoms with Gasteiger partial charge in [0.1, 0.15) is 0 Å². The SMILES string of the molecule is Cc1cc([C@H]2[C@@H](c3ccccn3)NC(=S)N2c2ccc3c(c2)OCO3)c(C)n1-c1ccccc1C(F)(F)F. The van der Waals surface area contributed by atoms with Gasteiger partial charge in [-0.15, -0.1) is 0 Å². The van der Waals surface area contributed by atoms with Gasteiger partial charge in [-0.2, -0.15) is 13.2 Å². The molecule has 2 aliphatic heterocycles. The van der Waals surface area contributed by atoms with E-state index in [9.17, 15) is 13.2 Å². The number of benzene rings is 2. The zero-order valence-corrected chi connectivity index (χ0v) is 21.3. The van der Waals surface area contributed by atoms with Crippen LogP contribution in [0.4, 0.5) is 18.9 Å². The quantitative estimate of drug-likeness (QED) is 0.304. The average Bonchev–Trinajstić information content (AvgIpc) is 3.58. The number of aryl methyl sites for hydroxylation is 1. The largest absolute Gasteiger partial charge is 0.454 e. The van der Waals surface area contributed by atoms with Crippen molar-refractivity contribution in [2.24, 2.45) is 0 Å². The van der Waals surface area contributed by atoms with Crippen molar-refractivity contribution in [2.45, 2.75) is 32.1 Å². The van der Waals surface area contributed by atoms with Crippen LogP contribution in [0.25, 0.3) is 5.69 Å². The molecule has 0 aliphatic carbocycles. The van der Waals surface area contributed by atoms with Gasteiger partial charge in [-0.25, -0.2) is 0 Å². The average molecular weight is 537 g/mol. The van der Waals surface area contributed by atoms with Crippen LogP contribution in [0.2, 0.25) is 0 Å². The fraction of sp³-hybridized carbons (Fsp3) is 0.214. The second-order valence-corrected chi connectivity index (χ2v) is 9.60.